The Morgan fingerprint density at radius 2 is 1.85 bits per heavy atom. The molecule has 0 bridgehead atoms. The van der Waals surface area contributed by atoms with Gasteiger partial charge in [0, 0.05) is 36.9 Å². The minimum atomic E-state index is -3.73. The fourth-order valence-corrected chi connectivity index (χ4v) is 4.28. The van der Waals surface area contributed by atoms with Gasteiger partial charge in [0.25, 0.3) is 0 Å². The second-order valence-electron chi connectivity index (χ2n) is 6.55. The molecule has 1 saturated heterocycles. The summed E-state index contributed by atoms with van der Waals surface area (Å²) in [5.41, 5.74) is 1.01. The minimum Gasteiger partial charge on any atom is -0.380 e. The Balaban J connectivity index is 1.57. The Kier molecular flexibility index (Phi) is 6.04. The summed E-state index contributed by atoms with van der Waals surface area (Å²) in [6.07, 6.45) is 0.828. The largest absolute Gasteiger partial charge is 0.380 e. The number of carbonyl (C=O) groups excluding carboxylic acids is 1. The van der Waals surface area contributed by atoms with Gasteiger partial charge in [0.05, 0.1) is 11.4 Å². The third-order valence-corrected chi connectivity index (χ3v) is 6.63. The first-order valence-electron chi connectivity index (χ1n) is 8.67. The summed E-state index contributed by atoms with van der Waals surface area (Å²) in [4.78, 5) is 14.4. The fraction of sp³-hybridized carbons (Fsp3) is 0.316. The number of anilines is 1. The van der Waals surface area contributed by atoms with Crippen LogP contribution in [0.4, 0.5) is 5.69 Å². The first kappa shape index (κ1) is 19.7. The van der Waals surface area contributed by atoms with Crippen molar-refractivity contribution in [2.45, 2.75) is 17.4 Å². The molecule has 2 aromatic carbocycles. The average molecular weight is 408 g/mol. The lowest BCUT2D eigenvalue weighted by Crippen LogP contribution is -2.40. The molecule has 1 atom stereocenters. The third-order valence-electron chi connectivity index (χ3n) is 4.57. The van der Waals surface area contributed by atoms with Crippen molar-refractivity contribution in [1.82, 2.24) is 9.21 Å². The molecule has 1 fully saturated rings. The lowest BCUT2D eigenvalue weighted by Gasteiger charge is -2.22. The Bertz CT molecular complexity index is 888. The van der Waals surface area contributed by atoms with E-state index in [1.165, 1.54) is 31.3 Å². The molecule has 1 amide bonds. The van der Waals surface area contributed by atoms with E-state index in [1.54, 1.807) is 4.90 Å². The number of likely N-dealkylation sites (tertiary alicyclic amines) is 1. The van der Waals surface area contributed by atoms with E-state index in [0.29, 0.717) is 18.1 Å². The molecule has 3 rings (SSSR count). The van der Waals surface area contributed by atoms with Gasteiger partial charge in [0.15, 0.2) is 0 Å². The van der Waals surface area contributed by atoms with Gasteiger partial charge in [-0.15, -0.1) is 0 Å². The number of rotatable bonds is 6. The van der Waals surface area contributed by atoms with Crippen molar-refractivity contribution in [3.63, 3.8) is 0 Å². The van der Waals surface area contributed by atoms with E-state index in [9.17, 15) is 13.2 Å². The summed E-state index contributed by atoms with van der Waals surface area (Å²) in [5.74, 6) is -0.201. The van der Waals surface area contributed by atoms with Crippen LogP contribution in [0.1, 0.15) is 6.42 Å². The van der Waals surface area contributed by atoms with E-state index in [4.69, 9.17) is 11.6 Å². The van der Waals surface area contributed by atoms with Crippen molar-refractivity contribution in [1.29, 1.82) is 0 Å². The molecule has 1 heterocycles. The molecule has 8 heteroatoms. The molecule has 0 radical (unpaired) electrons. The third kappa shape index (κ3) is 4.80. The van der Waals surface area contributed by atoms with Gasteiger partial charge in [-0.05, 0) is 42.8 Å². The lowest BCUT2D eigenvalue weighted by atomic mass is 10.2. The minimum absolute atomic E-state index is 0.118. The maximum atomic E-state index is 12.6. The van der Waals surface area contributed by atoms with E-state index in [0.717, 1.165) is 16.4 Å². The van der Waals surface area contributed by atoms with Gasteiger partial charge in [-0.25, -0.2) is 8.42 Å². The number of carbonyl (C=O) groups is 1. The summed E-state index contributed by atoms with van der Waals surface area (Å²) in [6.45, 7) is 0.976. The SMILES string of the molecule is CN(CC(=O)N1CCC(Nc2ccccc2)C1)S(=O)(=O)c1ccc(Cl)cc1. The first-order valence-corrected chi connectivity index (χ1v) is 10.5. The van der Waals surface area contributed by atoms with Crippen LogP contribution in [0.3, 0.4) is 0 Å². The van der Waals surface area contributed by atoms with E-state index in [2.05, 4.69) is 5.32 Å². The Morgan fingerprint density at radius 1 is 1.19 bits per heavy atom. The van der Waals surface area contributed by atoms with Crippen molar-refractivity contribution in [3.05, 3.63) is 59.6 Å². The summed E-state index contributed by atoms with van der Waals surface area (Å²) in [5, 5.41) is 3.86. The molecule has 2 aromatic rings. The molecule has 1 N–H and O–H groups in total. The molecule has 0 aliphatic carbocycles. The normalized spacial score (nSPS) is 17.3. The second-order valence-corrected chi connectivity index (χ2v) is 9.03. The van der Waals surface area contributed by atoms with Crippen molar-refractivity contribution in [2.75, 3.05) is 32.0 Å². The lowest BCUT2D eigenvalue weighted by molar-refractivity contribution is -0.130. The van der Waals surface area contributed by atoms with Gasteiger partial charge in [0.1, 0.15) is 0 Å². The van der Waals surface area contributed by atoms with Crippen LogP contribution in [0, 0.1) is 0 Å². The quantitative estimate of drug-likeness (QED) is 0.799. The zero-order valence-corrected chi connectivity index (χ0v) is 16.6. The van der Waals surface area contributed by atoms with Gasteiger partial charge in [0.2, 0.25) is 15.9 Å². The number of hydrogen-bond acceptors (Lipinski definition) is 4. The fourth-order valence-electron chi connectivity index (χ4n) is 3.04. The summed E-state index contributed by atoms with van der Waals surface area (Å²) < 4.78 is 26.3. The van der Waals surface area contributed by atoms with Crippen molar-refractivity contribution < 1.29 is 13.2 Å². The number of amides is 1. The number of para-hydroxylation sites is 1. The van der Waals surface area contributed by atoms with Crippen molar-refractivity contribution in [2.24, 2.45) is 0 Å². The number of halogens is 1. The smallest absolute Gasteiger partial charge is 0.243 e. The Morgan fingerprint density at radius 3 is 2.52 bits per heavy atom. The van der Waals surface area contributed by atoms with Crippen molar-refractivity contribution in [3.8, 4) is 0 Å². The van der Waals surface area contributed by atoms with Crippen LogP contribution in [0.5, 0.6) is 0 Å². The van der Waals surface area contributed by atoms with Gasteiger partial charge >= 0.3 is 0 Å². The van der Waals surface area contributed by atoms with E-state index >= 15 is 0 Å². The molecule has 0 spiro atoms. The number of likely N-dealkylation sites (N-methyl/N-ethyl adjacent to an activating group) is 1. The van der Waals surface area contributed by atoms with Crippen LogP contribution in [0.2, 0.25) is 5.02 Å². The number of nitrogens with one attached hydrogen (secondary N) is 1. The van der Waals surface area contributed by atoms with Crippen LogP contribution in [0.15, 0.2) is 59.5 Å². The topological polar surface area (TPSA) is 69.7 Å². The molecule has 0 aromatic heterocycles. The van der Waals surface area contributed by atoms with Crippen LogP contribution in [-0.2, 0) is 14.8 Å². The van der Waals surface area contributed by atoms with E-state index in [-0.39, 0.29) is 23.4 Å². The molecule has 144 valence electrons. The van der Waals surface area contributed by atoms with Crippen molar-refractivity contribution >= 4 is 33.2 Å². The van der Waals surface area contributed by atoms with Gasteiger partial charge in [-0.2, -0.15) is 4.31 Å². The second kappa shape index (κ2) is 8.29. The van der Waals surface area contributed by atoms with Gasteiger partial charge in [-0.1, -0.05) is 29.8 Å². The number of nitrogens with zero attached hydrogens (tertiary/aromatic N) is 2. The first-order chi connectivity index (χ1) is 12.9. The molecule has 6 nitrogen and oxygen atoms in total. The standard InChI is InChI=1S/C19H22ClN3O3S/c1-22(27(25,26)18-9-7-15(20)8-10-18)14-19(24)23-12-11-17(13-23)21-16-5-3-2-4-6-16/h2-10,17,21H,11-14H2,1H3. The highest BCUT2D eigenvalue weighted by Gasteiger charge is 2.29. The molecule has 1 unspecified atom stereocenters. The van der Waals surface area contributed by atoms with Crippen LogP contribution in [0.25, 0.3) is 0 Å². The molecule has 1 aliphatic rings. The Hall–Kier alpha value is -2.09. The van der Waals surface area contributed by atoms with Crippen LogP contribution < -0.4 is 5.32 Å². The van der Waals surface area contributed by atoms with Gasteiger partial charge in [-0.3, -0.25) is 4.79 Å². The van der Waals surface area contributed by atoms with Gasteiger partial charge < -0.3 is 10.2 Å². The zero-order valence-electron chi connectivity index (χ0n) is 15.0. The van der Waals surface area contributed by atoms with E-state index in [1.807, 2.05) is 30.3 Å². The maximum absolute atomic E-state index is 12.6. The number of sulfonamides is 1. The predicted octanol–water partition coefficient (Wildman–Crippen LogP) is 2.67. The molecule has 27 heavy (non-hydrogen) atoms. The number of hydrogen-bond donors (Lipinski definition) is 1. The molecule has 0 saturated carbocycles. The number of benzene rings is 2. The summed E-state index contributed by atoms with van der Waals surface area (Å²) in [7, 11) is -2.32. The van der Waals surface area contributed by atoms with Crippen LogP contribution >= 0.6 is 11.6 Å². The molecular formula is C19H22ClN3O3S. The highest BCUT2D eigenvalue weighted by Crippen LogP contribution is 2.19. The molecule has 1 aliphatic heterocycles. The zero-order chi connectivity index (χ0) is 19.4. The maximum Gasteiger partial charge on any atom is 0.243 e. The predicted molar refractivity (Wildman–Crippen MR) is 106 cm³/mol. The summed E-state index contributed by atoms with van der Waals surface area (Å²) >= 11 is 5.81. The monoisotopic (exact) mass is 407 g/mol. The van der Waals surface area contributed by atoms with E-state index < -0.39 is 10.0 Å². The van der Waals surface area contributed by atoms with Crippen LogP contribution in [-0.4, -0.2) is 56.3 Å². The highest BCUT2D eigenvalue weighted by molar-refractivity contribution is 7.89. The average Bonchev–Trinajstić information content (AvgIpc) is 3.11. The Labute approximate surface area is 164 Å². The summed E-state index contributed by atoms with van der Waals surface area (Å²) in [6, 6.07) is 15.9. The highest BCUT2D eigenvalue weighted by atomic mass is 35.5. The molecular weight excluding hydrogens is 386 g/mol.